The molecule has 3 atom stereocenters. The first kappa shape index (κ1) is 41.7. The maximum absolute atomic E-state index is 13.7. The van der Waals surface area contributed by atoms with Crippen LogP contribution < -0.4 is 16.4 Å². The lowest BCUT2D eigenvalue weighted by Crippen LogP contribution is -2.57. The highest BCUT2D eigenvalue weighted by Crippen LogP contribution is 2.35. The van der Waals surface area contributed by atoms with Crippen molar-refractivity contribution in [3.8, 4) is 0 Å². The van der Waals surface area contributed by atoms with Gasteiger partial charge in [-0.1, -0.05) is 25.7 Å². The molecule has 0 radical (unpaired) electrons. The number of carbonyl (C=O) groups is 1. The van der Waals surface area contributed by atoms with E-state index in [9.17, 15) is 31.1 Å². The van der Waals surface area contributed by atoms with Gasteiger partial charge in [0.2, 0.25) is 0 Å². The smallest absolute Gasteiger partial charge is 0.416 e. The molecule has 1 amide bonds. The van der Waals surface area contributed by atoms with Gasteiger partial charge in [-0.15, -0.1) is 0 Å². The van der Waals surface area contributed by atoms with Gasteiger partial charge in [0, 0.05) is 28.3 Å². The number of rotatable bonds is 16. The fourth-order valence-electron chi connectivity index (χ4n) is 4.19. The third-order valence-electron chi connectivity index (χ3n) is 7.41. The van der Waals surface area contributed by atoms with E-state index in [0.717, 1.165) is 26.8 Å². The summed E-state index contributed by atoms with van der Waals surface area (Å²) in [5.41, 5.74) is 0.928. The number of amides is 1. The lowest BCUT2D eigenvalue weighted by molar-refractivity contribution is -0.265. The van der Waals surface area contributed by atoms with Crippen molar-refractivity contribution in [1.29, 1.82) is 0 Å². The summed E-state index contributed by atoms with van der Waals surface area (Å²) >= 11 is 0. The number of carbonyl (C=O) groups excluding carboxylic acids is 1. The second-order valence-electron chi connectivity index (χ2n) is 14.8. The maximum atomic E-state index is 13.7. The SMILES string of the molecule is COCC(NC[C@](C)(N)C(F)(F)F)c1ccc2nc([C@H](COC(C)(C)C(F)(F)F)NC(=O)OC(C)(C)C)n(COCC[Si](C)(C)C)c2c1. The number of aromatic nitrogens is 2. The van der Waals surface area contributed by atoms with Crippen LogP contribution in [0.3, 0.4) is 0 Å². The van der Waals surface area contributed by atoms with E-state index in [1.165, 1.54) is 7.11 Å². The molecule has 1 unspecified atom stereocenters. The minimum atomic E-state index is -4.71. The zero-order valence-corrected chi connectivity index (χ0v) is 30.4. The Kier molecular flexibility index (Phi) is 13.6. The molecule has 0 saturated heterocycles. The first-order valence-electron chi connectivity index (χ1n) is 15.5. The summed E-state index contributed by atoms with van der Waals surface area (Å²) < 4.78 is 105. The molecule has 48 heavy (non-hydrogen) atoms. The van der Waals surface area contributed by atoms with Crippen LogP contribution in [0.25, 0.3) is 11.0 Å². The number of hydrogen-bond acceptors (Lipinski definition) is 8. The van der Waals surface area contributed by atoms with Gasteiger partial charge in [-0.05, 0) is 65.3 Å². The molecular weight excluding hydrogens is 664 g/mol. The average molecular weight is 716 g/mol. The van der Waals surface area contributed by atoms with Crippen LogP contribution in [0.5, 0.6) is 0 Å². The molecule has 10 nitrogen and oxygen atoms in total. The Morgan fingerprint density at radius 2 is 1.60 bits per heavy atom. The third kappa shape index (κ3) is 12.2. The van der Waals surface area contributed by atoms with E-state index in [0.29, 0.717) is 23.2 Å². The Hall–Kier alpha value is -2.44. The molecule has 17 heteroatoms. The molecule has 1 heterocycles. The quantitative estimate of drug-likeness (QED) is 0.0983. The normalized spacial score (nSPS) is 16.1. The number of fused-ring (bicyclic) bond motifs is 1. The molecule has 1 aromatic carbocycles. The fourth-order valence-corrected chi connectivity index (χ4v) is 4.95. The Labute approximate surface area is 279 Å². The number of methoxy groups -OCH3 is 1. The Morgan fingerprint density at radius 1 is 0.979 bits per heavy atom. The Balaban J connectivity index is 2.65. The number of benzene rings is 1. The second kappa shape index (κ2) is 15.6. The highest BCUT2D eigenvalue weighted by Gasteiger charge is 2.49. The van der Waals surface area contributed by atoms with Crippen LogP contribution in [0.1, 0.15) is 65.0 Å². The minimum absolute atomic E-state index is 0.00363. The molecule has 4 N–H and O–H groups in total. The van der Waals surface area contributed by atoms with Crippen LogP contribution in [-0.2, 0) is 25.7 Å². The lowest BCUT2D eigenvalue weighted by atomic mass is 10.0. The lowest BCUT2D eigenvalue weighted by Gasteiger charge is -2.31. The van der Waals surface area contributed by atoms with Gasteiger partial charge >= 0.3 is 18.4 Å². The predicted octanol–water partition coefficient (Wildman–Crippen LogP) is 6.83. The molecular formula is C31H51F6N5O5Si. The zero-order chi connectivity index (χ0) is 36.9. The summed E-state index contributed by atoms with van der Waals surface area (Å²) in [5, 5.41) is 5.44. The zero-order valence-electron chi connectivity index (χ0n) is 29.4. The van der Waals surface area contributed by atoms with Crippen molar-refractivity contribution in [2.75, 3.05) is 33.5 Å². The predicted molar refractivity (Wildman–Crippen MR) is 173 cm³/mol. The molecule has 1 aromatic heterocycles. The van der Waals surface area contributed by atoms with Gasteiger partial charge in [0.25, 0.3) is 0 Å². The van der Waals surface area contributed by atoms with Crippen LogP contribution in [0.15, 0.2) is 18.2 Å². The topological polar surface area (TPSA) is 122 Å². The van der Waals surface area contributed by atoms with Crippen molar-refractivity contribution in [1.82, 2.24) is 20.2 Å². The molecule has 0 fully saturated rings. The van der Waals surface area contributed by atoms with E-state index in [4.69, 9.17) is 24.7 Å². The molecule has 0 aliphatic rings. The van der Waals surface area contributed by atoms with Crippen molar-refractivity contribution >= 4 is 25.2 Å². The Morgan fingerprint density at radius 3 is 2.12 bits per heavy atom. The number of alkyl carbamates (subject to hydrolysis) is 1. The van der Waals surface area contributed by atoms with Gasteiger partial charge < -0.3 is 39.9 Å². The van der Waals surface area contributed by atoms with Crippen LogP contribution in [0.4, 0.5) is 31.1 Å². The number of halogens is 6. The van der Waals surface area contributed by atoms with Crippen LogP contribution in [-0.4, -0.2) is 86.3 Å². The van der Waals surface area contributed by atoms with Crippen LogP contribution in [0.2, 0.25) is 25.7 Å². The van der Waals surface area contributed by atoms with Gasteiger partial charge in [-0.25, -0.2) is 9.78 Å². The van der Waals surface area contributed by atoms with Crippen molar-refractivity contribution < 1.29 is 50.1 Å². The molecule has 0 saturated carbocycles. The highest BCUT2D eigenvalue weighted by molar-refractivity contribution is 6.76. The van der Waals surface area contributed by atoms with Gasteiger partial charge in [0.1, 0.15) is 29.7 Å². The number of imidazole rings is 1. The molecule has 0 spiro atoms. The second-order valence-corrected chi connectivity index (χ2v) is 20.4. The van der Waals surface area contributed by atoms with Gasteiger partial charge in [-0.3, -0.25) is 0 Å². The van der Waals surface area contributed by atoms with E-state index >= 15 is 0 Å². The molecule has 2 rings (SSSR count). The van der Waals surface area contributed by atoms with Gasteiger partial charge in [-0.2, -0.15) is 26.3 Å². The average Bonchev–Trinajstić information content (AvgIpc) is 3.26. The molecule has 0 bridgehead atoms. The number of nitrogens with two attached hydrogens (primary N) is 1. The number of hydrogen-bond donors (Lipinski definition) is 3. The van der Waals surface area contributed by atoms with Crippen molar-refractivity contribution in [2.45, 2.75) is 115 Å². The maximum Gasteiger partial charge on any atom is 0.416 e. The van der Waals surface area contributed by atoms with Crippen molar-refractivity contribution in [2.24, 2.45) is 5.73 Å². The highest BCUT2D eigenvalue weighted by atomic mass is 28.3. The van der Waals surface area contributed by atoms with Crippen molar-refractivity contribution in [3.05, 3.63) is 29.6 Å². The summed E-state index contributed by atoms with van der Waals surface area (Å²) in [6, 6.07) is 3.81. The summed E-state index contributed by atoms with van der Waals surface area (Å²) in [4.78, 5) is 17.6. The Bertz CT molecular complexity index is 1350. The molecule has 0 aliphatic carbocycles. The molecule has 2 aromatic rings. The summed E-state index contributed by atoms with van der Waals surface area (Å²) in [6.07, 6.45) is -10.3. The first-order chi connectivity index (χ1) is 21.7. The van der Waals surface area contributed by atoms with E-state index in [1.54, 1.807) is 43.5 Å². The number of alkyl halides is 6. The third-order valence-corrected chi connectivity index (χ3v) is 9.12. The first-order valence-corrected chi connectivity index (χ1v) is 19.2. The van der Waals surface area contributed by atoms with Gasteiger partial charge in [0.15, 0.2) is 5.60 Å². The van der Waals surface area contributed by atoms with E-state index in [-0.39, 0.29) is 19.2 Å². The number of ether oxygens (including phenoxy) is 4. The fraction of sp³-hybridized carbons (Fsp3) is 0.742. The molecule has 276 valence electrons. The van der Waals surface area contributed by atoms with Crippen LogP contribution >= 0.6 is 0 Å². The monoisotopic (exact) mass is 715 g/mol. The van der Waals surface area contributed by atoms with Crippen molar-refractivity contribution in [3.63, 3.8) is 0 Å². The minimum Gasteiger partial charge on any atom is -0.444 e. The van der Waals surface area contributed by atoms with E-state index in [2.05, 4.69) is 35.3 Å². The summed E-state index contributed by atoms with van der Waals surface area (Å²) in [6.45, 7) is 13.1. The van der Waals surface area contributed by atoms with E-state index in [1.807, 2.05) is 0 Å². The largest absolute Gasteiger partial charge is 0.444 e. The molecule has 0 aliphatic heterocycles. The van der Waals surface area contributed by atoms with Gasteiger partial charge in [0.05, 0.1) is 30.3 Å². The number of nitrogens with one attached hydrogen (secondary N) is 2. The number of nitrogens with zero attached hydrogens (tertiary/aromatic N) is 2. The summed E-state index contributed by atoms with van der Waals surface area (Å²) in [7, 11) is -0.0929. The van der Waals surface area contributed by atoms with Crippen LogP contribution in [0, 0.1) is 0 Å². The van der Waals surface area contributed by atoms with E-state index < -0.39 is 68.5 Å². The summed E-state index contributed by atoms with van der Waals surface area (Å²) in [5.74, 6) is 0.127. The standard InChI is InChI=1S/C31H51F6N5O5Si/c1-27(2,3)47-26(43)41-23(17-46-28(4,5)30(32,33)34)25-40-21-12-11-20(15-24(21)42(25)19-45-13-14-48(8,9)10)22(16-44-7)39-18-29(6,38)31(35,36)37/h11-12,15,22-23,39H,13-14,16-19,38H2,1-10H3,(H,41,43)/t22?,23-,29-/m0/s1.